The van der Waals surface area contributed by atoms with Crippen LogP contribution in [0.25, 0.3) is 5.52 Å². The third-order valence-electron chi connectivity index (χ3n) is 3.01. The number of aromatic nitrogens is 1. The van der Waals surface area contributed by atoms with Gasteiger partial charge in [0.2, 0.25) is 0 Å². The van der Waals surface area contributed by atoms with Crippen LogP contribution in [0, 0.1) is 9.39 Å². The number of rotatable bonds is 2. The SMILES string of the molecule is C/C(=N\[S+]([O-])C(C)(C)C)c1cc2ccc(F)cn2c(=O)c1I. The normalized spacial score (nSPS) is 14.4. The van der Waals surface area contributed by atoms with Gasteiger partial charge in [-0.2, -0.15) is 0 Å². The van der Waals surface area contributed by atoms with E-state index in [4.69, 9.17) is 0 Å². The first-order valence-electron chi connectivity index (χ1n) is 6.59. The summed E-state index contributed by atoms with van der Waals surface area (Å²) in [6, 6.07) is 4.58. The number of fused-ring (bicyclic) bond motifs is 1. The van der Waals surface area contributed by atoms with Gasteiger partial charge in [-0.25, -0.2) is 4.39 Å². The molecule has 2 aromatic heterocycles. The summed E-state index contributed by atoms with van der Waals surface area (Å²) in [5.74, 6) is -0.475. The van der Waals surface area contributed by atoms with Crippen molar-refractivity contribution in [1.29, 1.82) is 0 Å². The van der Waals surface area contributed by atoms with Crippen LogP contribution in [0.2, 0.25) is 0 Å². The Morgan fingerprint density at radius 2 is 2.05 bits per heavy atom. The molecule has 118 valence electrons. The molecule has 22 heavy (non-hydrogen) atoms. The monoisotopic (exact) mass is 434 g/mol. The van der Waals surface area contributed by atoms with Gasteiger partial charge in [0.15, 0.2) is 0 Å². The Morgan fingerprint density at radius 1 is 1.41 bits per heavy atom. The van der Waals surface area contributed by atoms with Crippen molar-refractivity contribution in [3.8, 4) is 0 Å². The summed E-state index contributed by atoms with van der Waals surface area (Å²) >= 11 is 0.508. The lowest BCUT2D eigenvalue weighted by molar-refractivity contribution is 0.561. The standard InChI is InChI=1S/C15H16FIN2O2S/c1-9(18-22(21)15(2,3)4)12-7-11-6-5-10(16)8-19(11)14(20)13(12)17/h5-8H,1-4H3/b18-9+. The average Bonchev–Trinajstić information content (AvgIpc) is 2.42. The molecule has 1 atom stereocenters. The van der Waals surface area contributed by atoms with Crippen LogP contribution in [0.4, 0.5) is 4.39 Å². The van der Waals surface area contributed by atoms with Crippen LogP contribution >= 0.6 is 22.6 Å². The van der Waals surface area contributed by atoms with E-state index in [1.807, 2.05) is 43.4 Å². The summed E-state index contributed by atoms with van der Waals surface area (Å²) in [5.41, 5.74) is 1.40. The Labute approximate surface area is 144 Å². The fourth-order valence-corrected chi connectivity index (χ4v) is 3.21. The first-order valence-corrected chi connectivity index (χ1v) is 8.78. The average molecular weight is 434 g/mol. The third kappa shape index (κ3) is 3.52. The largest absolute Gasteiger partial charge is 0.591 e. The van der Waals surface area contributed by atoms with Gasteiger partial charge >= 0.3 is 0 Å². The zero-order valence-electron chi connectivity index (χ0n) is 12.7. The van der Waals surface area contributed by atoms with Crippen molar-refractivity contribution in [2.24, 2.45) is 4.40 Å². The minimum Gasteiger partial charge on any atom is -0.591 e. The molecule has 0 N–H and O–H groups in total. The van der Waals surface area contributed by atoms with Gasteiger partial charge in [0, 0.05) is 17.3 Å². The molecule has 0 bridgehead atoms. The van der Waals surface area contributed by atoms with E-state index >= 15 is 0 Å². The third-order valence-corrected chi connectivity index (χ3v) is 5.54. The maximum atomic E-state index is 13.3. The highest BCUT2D eigenvalue weighted by Crippen LogP contribution is 2.20. The highest BCUT2D eigenvalue weighted by atomic mass is 127. The molecule has 4 nitrogen and oxygen atoms in total. The molecule has 1 unspecified atom stereocenters. The Bertz CT molecular complexity index is 812. The predicted octanol–water partition coefficient (Wildman–Crippen LogP) is 3.31. The Hall–Kier alpha value is -0.930. The molecule has 0 saturated heterocycles. The summed E-state index contributed by atoms with van der Waals surface area (Å²) in [4.78, 5) is 12.3. The maximum Gasteiger partial charge on any atom is 0.269 e. The van der Waals surface area contributed by atoms with Crippen LogP contribution in [0.1, 0.15) is 33.3 Å². The smallest absolute Gasteiger partial charge is 0.269 e. The molecule has 0 aliphatic carbocycles. The Kier molecular flexibility index (Phi) is 4.98. The molecule has 0 aromatic carbocycles. The van der Waals surface area contributed by atoms with Crippen LogP contribution in [0.15, 0.2) is 33.6 Å². The van der Waals surface area contributed by atoms with Crippen molar-refractivity contribution < 1.29 is 8.94 Å². The second kappa shape index (κ2) is 6.29. The summed E-state index contributed by atoms with van der Waals surface area (Å²) in [6.07, 6.45) is 1.16. The summed E-state index contributed by atoms with van der Waals surface area (Å²) < 4.78 is 30.8. The predicted molar refractivity (Wildman–Crippen MR) is 96.4 cm³/mol. The van der Waals surface area contributed by atoms with Crippen molar-refractivity contribution in [1.82, 2.24) is 4.40 Å². The number of hydrogen-bond acceptors (Lipinski definition) is 3. The number of nitrogens with zero attached hydrogens (tertiary/aromatic N) is 2. The summed E-state index contributed by atoms with van der Waals surface area (Å²) in [7, 11) is 0. The Morgan fingerprint density at radius 3 is 2.64 bits per heavy atom. The molecular formula is C15H16FIN2O2S. The molecule has 2 aromatic rings. The van der Waals surface area contributed by atoms with Crippen molar-refractivity contribution in [2.75, 3.05) is 0 Å². The van der Waals surface area contributed by atoms with Crippen LogP contribution in [-0.2, 0) is 11.4 Å². The molecule has 0 fully saturated rings. The first-order chi connectivity index (χ1) is 10.1. The minimum atomic E-state index is -1.40. The zero-order valence-corrected chi connectivity index (χ0v) is 15.7. The van der Waals surface area contributed by atoms with Gasteiger partial charge in [0.25, 0.3) is 5.56 Å². The van der Waals surface area contributed by atoms with E-state index in [9.17, 15) is 13.7 Å². The lowest BCUT2D eigenvalue weighted by Gasteiger charge is -2.19. The number of halogens is 2. The van der Waals surface area contributed by atoms with Gasteiger partial charge < -0.3 is 4.55 Å². The molecule has 0 aliphatic heterocycles. The lowest BCUT2D eigenvalue weighted by Crippen LogP contribution is -2.27. The van der Waals surface area contributed by atoms with Crippen LogP contribution in [0.3, 0.4) is 0 Å². The molecule has 2 rings (SSSR count). The molecular weight excluding hydrogens is 418 g/mol. The molecule has 0 amide bonds. The lowest BCUT2D eigenvalue weighted by atomic mass is 10.1. The topological polar surface area (TPSA) is 56.9 Å². The van der Waals surface area contributed by atoms with Gasteiger partial charge in [0.05, 0.1) is 9.28 Å². The van der Waals surface area contributed by atoms with Crippen LogP contribution in [0.5, 0.6) is 0 Å². The molecule has 2 heterocycles. The van der Waals surface area contributed by atoms with Crippen molar-refractivity contribution in [2.45, 2.75) is 32.4 Å². The van der Waals surface area contributed by atoms with Gasteiger partial charge in [-0.3, -0.25) is 9.20 Å². The van der Waals surface area contributed by atoms with E-state index in [-0.39, 0.29) is 5.56 Å². The van der Waals surface area contributed by atoms with Gasteiger partial charge in [0.1, 0.15) is 21.9 Å². The fourth-order valence-electron chi connectivity index (χ4n) is 1.79. The Balaban J connectivity index is 2.62. The molecule has 7 heteroatoms. The second-order valence-corrected chi connectivity index (χ2v) is 8.84. The zero-order chi connectivity index (χ0) is 16.7. The van der Waals surface area contributed by atoms with Gasteiger partial charge in [-0.15, -0.1) is 0 Å². The van der Waals surface area contributed by atoms with Gasteiger partial charge in [-0.1, -0.05) is 4.40 Å². The van der Waals surface area contributed by atoms with Gasteiger partial charge in [-0.05, 0) is 68.5 Å². The number of pyridine rings is 2. The molecule has 0 radical (unpaired) electrons. The van der Waals surface area contributed by atoms with Crippen molar-refractivity contribution in [3.63, 3.8) is 0 Å². The molecule has 0 aliphatic rings. The van der Waals surface area contributed by atoms with E-state index < -0.39 is 21.9 Å². The second-order valence-electron chi connectivity index (χ2n) is 5.86. The quantitative estimate of drug-likeness (QED) is 0.414. The van der Waals surface area contributed by atoms with E-state index in [1.165, 1.54) is 16.5 Å². The highest BCUT2D eigenvalue weighted by molar-refractivity contribution is 14.1. The summed E-state index contributed by atoms with van der Waals surface area (Å²) in [6.45, 7) is 7.23. The van der Waals surface area contributed by atoms with E-state index in [0.717, 1.165) is 6.20 Å². The van der Waals surface area contributed by atoms with Crippen LogP contribution < -0.4 is 5.56 Å². The number of hydrogen-bond donors (Lipinski definition) is 0. The first kappa shape index (κ1) is 17.4. The maximum absolute atomic E-state index is 13.3. The molecule has 0 spiro atoms. The fraction of sp³-hybridized carbons (Fsp3) is 0.333. The highest BCUT2D eigenvalue weighted by Gasteiger charge is 2.27. The van der Waals surface area contributed by atoms with Crippen molar-refractivity contribution >= 4 is 45.2 Å². The van der Waals surface area contributed by atoms with Crippen molar-refractivity contribution in [3.05, 3.63) is 49.7 Å². The van der Waals surface area contributed by atoms with E-state index in [0.29, 0.717) is 20.4 Å². The summed E-state index contributed by atoms with van der Waals surface area (Å²) in [5, 5.41) is 0. The van der Waals surface area contributed by atoms with E-state index in [1.54, 1.807) is 13.0 Å². The molecule has 0 saturated carbocycles. The minimum absolute atomic E-state index is 0.316. The van der Waals surface area contributed by atoms with E-state index in [2.05, 4.69) is 4.40 Å². The van der Waals surface area contributed by atoms with Crippen LogP contribution in [-0.4, -0.2) is 19.4 Å².